The minimum absolute atomic E-state index is 0.290. The highest BCUT2D eigenvalue weighted by atomic mass is 16.5. The van der Waals surface area contributed by atoms with E-state index in [9.17, 15) is 4.79 Å². The summed E-state index contributed by atoms with van der Waals surface area (Å²) in [5, 5.41) is 14.1. The highest BCUT2D eigenvalue weighted by Crippen LogP contribution is 2.40. The second-order valence-electron chi connectivity index (χ2n) is 7.15. The Morgan fingerprint density at radius 3 is 2.67 bits per heavy atom. The van der Waals surface area contributed by atoms with Crippen molar-refractivity contribution in [2.45, 2.75) is 25.7 Å². The van der Waals surface area contributed by atoms with Crippen LogP contribution in [0.1, 0.15) is 40.8 Å². The molecule has 1 amide bonds. The van der Waals surface area contributed by atoms with Gasteiger partial charge in [0.15, 0.2) is 11.5 Å². The number of amides is 1. The molecule has 0 aliphatic heterocycles. The first-order valence-corrected chi connectivity index (χ1v) is 9.65. The quantitative estimate of drug-likeness (QED) is 0.505. The Morgan fingerprint density at radius 1 is 1.13 bits per heavy atom. The molecule has 1 fully saturated rings. The molecule has 3 heterocycles. The predicted molar refractivity (Wildman–Crippen MR) is 110 cm³/mol. The first kappa shape index (κ1) is 18.0. The smallest absolute Gasteiger partial charge is 0.277 e. The zero-order chi connectivity index (χ0) is 20.5. The van der Waals surface area contributed by atoms with E-state index < -0.39 is 0 Å². The van der Waals surface area contributed by atoms with E-state index in [4.69, 9.17) is 4.52 Å². The molecule has 1 aromatic carbocycles. The number of anilines is 3. The fourth-order valence-electron chi connectivity index (χ4n) is 3.07. The average molecular weight is 401 g/mol. The zero-order valence-corrected chi connectivity index (χ0v) is 16.2. The van der Waals surface area contributed by atoms with E-state index in [-0.39, 0.29) is 5.91 Å². The molecule has 9 nitrogen and oxygen atoms in total. The molecule has 9 heteroatoms. The number of nitrogens with zero attached hydrogens (tertiary/aromatic N) is 5. The summed E-state index contributed by atoms with van der Waals surface area (Å²) in [4.78, 5) is 21.2. The summed E-state index contributed by atoms with van der Waals surface area (Å²) in [6.45, 7) is 1.83. The standard InChI is InChI=1S/C21H19N7O2/c1-13-23-19(12-20(24-13)28-10-2-9-22-28)25-15-5-7-16(8-6-15)26-21(29)17-11-18(30-27-17)14-3-4-14/h2,5-12,14H,3-4H2,1H3,(H,26,29)(H,23,24,25). The average Bonchev–Trinajstić information content (AvgIpc) is 3.23. The van der Waals surface area contributed by atoms with Crippen LogP contribution < -0.4 is 10.6 Å². The van der Waals surface area contributed by atoms with E-state index in [1.165, 1.54) is 0 Å². The Balaban J connectivity index is 1.26. The lowest BCUT2D eigenvalue weighted by Crippen LogP contribution is -2.12. The number of benzene rings is 1. The molecule has 4 aromatic rings. The van der Waals surface area contributed by atoms with Gasteiger partial charge in [-0.05, 0) is 50.1 Å². The number of hydrogen-bond donors (Lipinski definition) is 2. The first-order valence-electron chi connectivity index (χ1n) is 9.65. The lowest BCUT2D eigenvalue weighted by atomic mass is 10.2. The van der Waals surface area contributed by atoms with Gasteiger partial charge in [-0.2, -0.15) is 5.10 Å². The molecule has 3 aromatic heterocycles. The number of aryl methyl sites for hydroxylation is 1. The summed E-state index contributed by atoms with van der Waals surface area (Å²) in [6, 6.07) is 12.7. The van der Waals surface area contributed by atoms with Gasteiger partial charge in [0.05, 0.1) is 0 Å². The van der Waals surface area contributed by atoms with Crippen LogP contribution in [0.4, 0.5) is 17.2 Å². The first-order chi connectivity index (χ1) is 14.6. The Hall–Kier alpha value is -4.01. The predicted octanol–water partition coefficient (Wildman–Crippen LogP) is 3.83. The van der Waals surface area contributed by atoms with Crippen molar-refractivity contribution in [3.8, 4) is 5.82 Å². The largest absolute Gasteiger partial charge is 0.360 e. The molecule has 0 unspecified atom stereocenters. The third kappa shape index (κ3) is 3.90. The van der Waals surface area contributed by atoms with E-state index in [1.54, 1.807) is 16.9 Å². The van der Waals surface area contributed by atoms with Crippen molar-refractivity contribution in [1.29, 1.82) is 0 Å². The number of rotatable bonds is 6. The van der Waals surface area contributed by atoms with Gasteiger partial charge in [0.2, 0.25) is 0 Å². The third-order valence-corrected chi connectivity index (χ3v) is 4.72. The maximum absolute atomic E-state index is 12.4. The Kier molecular flexibility index (Phi) is 4.47. The molecule has 2 N–H and O–H groups in total. The molecule has 1 saturated carbocycles. The SMILES string of the molecule is Cc1nc(Nc2ccc(NC(=O)c3cc(C4CC4)on3)cc2)cc(-n2cccn2)n1. The van der Waals surface area contributed by atoms with Gasteiger partial charge in [-0.3, -0.25) is 4.79 Å². The number of aromatic nitrogens is 5. The number of carbonyl (C=O) groups excluding carboxylic acids is 1. The maximum atomic E-state index is 12.4. The summed E-state index contributed by atoms with van der Waals surface area (Å²) in [5.41, 5.74) is 1.79. The third-order valence-electron chi connectivity index (χ3n) is 4.72. The number of carbonyl (C=O) groups is 1. The Bertz CT molecular complexity index is 1180. The molecule has 5 rings (SSSR count). The highest BCUT2D eigenvalue weighted by Gasteiger charge is 2.28. The van der Waals surface area contributed by atoms with Gasteiger partial charge in [-0.25, -0.2) is 14.6 Å². The molecule has 0 atom stereocenters. The van der Waals surface area contributed by atoms with E-state index in [0.29, 0.717) is 34.8 Å². The van der Waals surface area contributed by atoms with Crippen LogP contribution >= 0.6 is 0 Å². The van der Waals surface area contributed by atoms with Crippen molar-refractivity contribution in [2.24, 2.45) is 0 Å². The van der Waals surface area contributed by atoms with Crippen LogP contribution in [-0.4, -0.2) is 30.8 Å². The van der Waals surface area contributed by atoms with Crippen LogP contribution in [0, 0.1) is 6.92 Å². The van der Waals surface area contributed by atoms with Gasteiger partial charge in [0.25, 0.3) is 5.91 Å². The molecule has 150 valence electrons. The second kappa shape index (κ2) is 7.43. The molecule has 0 bridgehead atoms. The second-order valence-corrected chi connectivity index (χ2v) is 7.15. The molecule has 0 radical (unpaired) electrons. The van der Waals surface area contributed by atoms with Crippen LogP contribution in [0.3, 0.4) is 0 Å². The van der Waals surface area contributed by atoms with Crippen LogP contribution in [0.15, 0.2) is 59.4 Å². The normalized spacial score (nSPS) is 13.2. The molecule has 0 saturated heterocycles. The van der Waals surface area contributed by atoms with Crippen molar-refractivity contribution in [2.75, 3.05) is 10.6 Å². The lowest BCUT2D eigenvalue weighted by molar-refractivity contribution is 0.101. The molecular formula is C21H19N7O2. The Labute approximate surface area is 172 Å². The van der Waals surface area contributed by atoms with Gasteiger partial charge in [-0.15, -0.1) is 0 Å². The minimum Gasteiger partial charge on any atom is -0.360 e. The topological polar surface area (TPSA) is 111 Å². The van der Waals surface area contributed by atoms with Gasteiger partial charge < -0.3 is 15.2 Å². The molecule has 1 aliphatic rings. The van der Waals surface area contributed by atoms with Gasteiger partial charge in [0.1, 0.15) is 17.4 Å². The van der Waals surface area contributed by atoms with E-state index >= 15 is 0 Å². The van der Waals surface area contributed by atoms with Crippen molar-refractivity contribution in [1.82, 2.24) is 24.9 Å². The van der Waals surface area contributed by atoms with Crippen LogP contribution in [0.5, 0.6) is 0 Å². The van der Waals surface area contributed by atoms with Crippen molar-refractivity contribution in [3.05, 3.63) is 72.1 Å². The van der Waals surface area contributed by atoms with Gasteiger partial charge in [0, 0.05) is 41.8 Å². The minimum atomic E-state index is -0.290. The van der Waals surface area contributed by atoms with Crippen molar-refractivity contribution >= 4 is 23.1 Å². The van der Waals surface area contributed by atoms with E-state index in [1.807, 2.05) is 49.5 Å². The van der Waals surface area contributed by atoms with Gasteiger partial charge >= 0.3 is 0 Å². The molecular weight excluding hydrogens is 382 g/mol. The van der Waals surface area contributed by atoms with Crippen LogP contribution in [-0.2, 0) is 0 Å². The molecule has 1 aliphatic carbocycles. The summed E-state index contributed by atoms with van der Waals surface area (Å²) >= 11 is 0. The fraction of sp³-hybridized carbons (Fsp3) is 0.190. The van der Waals surface area contributed by atoms with E-state index in [0.717, 1.165) is 24.3 Å². The monoisotopic (exact) mass is 401 g/mol. The Morgan fingerprint density at radius 2 is 1.93 bits per heavy atom. The molecule has 30 heavy (non-hydrogen) atoms. The lowest BCUT2D eigenvalue weighted by Gasteiger charge is -2.10. The van der Waals surface area contributed by atoms with Crippen LogP contribution in [0.2, 0.25) is 0 Å². The maximum Gasteiger partial charge on any atom is 0.277 e. The van der Waals surface area contributed by atoms with E-state index in [2.05, 4.69) is 30.9 Å². The summed E-state index contributed by atoms with van der Waals surface area (Å²) in [6.07, 6.45) is 5.72. The zero-order valence-electron chi connectivity index (χ0n) is 16.2. The van der Waals surface area contributed by atoms with Crippen LogP contribution in [0.25, 0.3) is 5.82 Å². The summed E-state index contributed by atoms with van der Waals surface area (Å²) < 4.78 is 6.92. The number of hydrogen-bond acceptors (Lipinski definition) is 7. The number of nitrogens with one attached hydrogen (secondary N) is 2. The van der Waals surface area contributed by atoms with Crippen molar-refractivity contribution in [3.63, 3.8) is 0 Å². The highest BCUT2D eigenvalue weighted by molar-refractivity contribution is 6.02. The van der Waals surface area contributed by atoms with Crippen molar-refractivity contribution < 1.29 is 9.32 Å². The summed E-state index contributed by atoms with van der Waals surface area (Å²) in [7, 11) is 0. The fourth-order valence-corrected chi connectivity index (χ4v) is 3.07. The summed E-state index contributed by atoms with van der Waals surface area (Å²) in [5.74, 6) is 2.88. The van der Waals surface area contributed by atoms with Gasteiger partial charge in [-0.1, -0.05) is 5.16 Å². The molecule has 0 spiro atoms.